The molecule has 2 rings (SSSR count). The minimum Gasteiger partial charge on any atom is -0.395 e. The van der Waals surface area contributed by atoms with Crippen LogP contribution in [0.5, 0.6) is 0 Å². The summed E-state index contributed by atoms with van der Waals surface area (Å²) in [4.78, 5) is 2.30. The fraction of sp³-hybridized carbons (Fsp3) is 0.538. The maximum atomic E-state index is 12.5. The normalized spacial score (nSPS) is 25.9. The number of sulfone groups is 1. The van der Waals surface area contributed by atoms with Crippen LogP contribution in [-0.2, 0) is 9.84 Å². The molecule has 0 radical (unpaired) electrons. The summed E-state index contributed by atoms with van der Waals surface area (Å²) in [6.45, 7) is 5.40. The van der Waals surface area contributed by atoms with Crippen molar-refractivity contribution in [2.24, 2.45) is 0 Å². The summed E-state index contributed by atoms with van der Waals surface area (Å²) >= 11 is 0. The van der Waals surface area contributed by atoms with Crippen molar-refractivity contribution in [3.63, 3.8) is 0 Å². The van der Waals surface area contributed by atoms with Crippen LogP contribution in [-0.4, -0.2) is 38.5 Å². The van der Waals surface area contributed by atoms with Crippen LogP contribution in [0.15, 0.2) is 17.0 Å². The first kappa shape index (κ1) is 13.4. The Morgan fingerprint density at radius 3 is 2.50 bits per heavy atom. The molecule has 1 aromatic rings. The Hall–Kier alpha value is -1.07. The van der Waals surface area contributed by atoms with Gasteiger partial charge in [0, 0.05) is 13.1 Å². The van der Waals surface area contributed by atoms with Crippen molar-refractivity contribution in [2.75, 3.05) is 18.6 Å². The van der Waals surface area contributed by atoms with Gasteiger partial charge in [-0.1, -0.05) is 6.07 Å². The number of nitrogens with zero attached hydrogens (tertiary/aromatic N) is 1. The van der Waals surface area contributed by atoms with Crippen molar-refractivity contribution in [2.45, 2.75) is 37.0 Å². The summed E-state index contributed by atoms with van der Waals surface area (Å²) < 4.78 is 24.9. The van der Waals surface area contributed by atoms with Gasteiger partial charge in [0.2, 0.25) is 0 Å². The molecule has 1 aromatic carbocycles. The molecule has 0 spiro atoms. The second-order valence-electron chi connectivity index (χ2n) is 4.97. The number of fused-ring (bicyclic) bond motifs is 1. The van der Waals surface area contributed by atoms with Gasteiger partial charge < -0.3 is 10.0 Å². The molecule has 0 bridgehead atoms. The Kier molecular flexibility index (Phi) is 3.15. The van der Waals surface area contributed by atoms with Crippen molar-refractivity contribution >= 4 is 15.5 Å². The van der Waals surface area contributed by atoms with Crippen molar-refractivity contribution < 1.29 is 13.5 Å². The Labute approximate surface area is 108 Å². The van der Waals surface area contributed by atoms with E-state index in [1.807, 2.05) is 38.8 Å². The van der Waals surface area contributed by atoms with E-state index in [1.165, 1.54) is 0 Å². The predicted octanol–water partition coefficient (Wildman–Crippen LogP) is 1.28. The van der Waals surface area contributed by atoms with E-state index >= 15 is 0 Å². The van der Waals surface area contributed by atoms with Crippen LogP contribution >= 0.6 is 0 Å². The van der Waals surface area contributed by atoms with Gasteiger partial charge in [0.05, 0.1) is 17.2 Å². The summed E-state index contributed by atoms with van der Waals surface area (Å²) in [6, 6.07) is 3.25. The van der Waals surface area contributed by atoms with Crippen molar-refractivity contribution in [3.05, 3.63) is 23.3 Å². The summed E-state index contributed by atoms with van der Waals surface area (Å²) in [5.74, 6) is 0. The van der Waals surface area contributed by atoms with E-state index in [9.17, 15) is 13.5 Å². The summed E-state index contributed by atoms with van der Waals surface area (Å²) in [5, 5.41) is 8.61. The highest BCUT2D eigenvalue weighted by Crippen LogP contribution is 2.39. The Morgan fingerprint density at radius 1 is 1.33 bits per heavy atom. The summed E-state index contributed by atoms with van der Waals surface area (Å²) in [7, 11) is -1.56. The van der Waals surface area contributed by atoms with Crippen molar-refractivity contribution in [1.29, 1.82) is 0 Å². The van der Waals surface area contributed by atoms with Gasteiger partial charge in [-0.05, 0) is 38.0 Å². The first-order valence-electron chi connectivity index (χ1n) is 6.00. The SMILES string of the molecule is Cc1ccc2c(c1C)N(C)C(C)C(CO)S2(=O)=O. The van der Waals surface area contributed by atoms with Crippen LogP contribution in [0.4, 0.5) is 5.69 Å². The Morgan fingerprint density at radius 2 is 1.94 bits per heavy atom. The summed E-state index contributed by atoms with van der Waals surface area (Å²) in [5.41, 5.74) is 2.83. The fourth-order valence-electron chi connectivity index (χ4n) is 2.57. The van der Waals surface area contributed by atoms with Gasteiger partial charge in [-0.15, -0.1) is 0 Å². The van der Waals surface area contributed by atoms with E-state index in [1.54, 1.807) is 6.07 Å². The van der Waals surface area contributed by atoms with Gasteiger partial charge in [0.15, 0.2) is 9.84 Å². The van der Waals surface area contributed by atoms with Gasteiger partial charge in [-0.2, -0.15) is 0 Å². The largest absolute Gasteiger partial charge is 0.395 e. The van der Waals surface area contributed by atoms with E-state index in [4.69, 9.17) is 0 Å². The third-order valence-corrected chi connectivity index (χ3v) is 6.33. The number of aliphatic hydroxyl groups excluding tert-OH is 1. The molecule has 4 nitrogen and oxygen atoms in total. The Bertz CT molecular complexity index is 580. The quantitative estimate of drug-likeness (QED) is 0.834. The molecule has 2 unspecified atom stereocenters. The average Bonchev–Trinajstić information content (AvgIpc) is 2.30. The molecule has 0 saturated heterocycles. The van der Waals surface area contributed by atoms with Gasteiger partial charge >= 0.3 is 0 Å². The molecule has 100 valence electrons. The third kappa shape index (κ3) is 1.65. The maximum absolute atomic E-state index is 12.5. The van der Waals surface area contributed by atoms with Gasteiger partial charge in [-0.3, -0.25) is 0 Å². The molecule has 1 aliphatic heterocycles. The Balaban J connectivity index is 2.79. The van der Waals surface area contributed by atoms with E-state index in [0.717, 1.165) is 16.8 Å². The average molecular weight is 269 g/mol. The molecule has 0 saturated carbocycles. The van der Waals surface area contributed by atoms with Gasteiger partial charge in [0.1, 0.15) is 5.25 Å². The fourth-order valence-corrected chi connectivity index (χ4v) is 4.62. The smallest absolute Gasteiger partial charge is 0.187 e. The highest BCUT2D eigenvalue weighted by Gasteiger charge is 2.41. The molecule has 1 heterocycles. The molecule has 0 aromatic heterocycles. The molecule has 0 aliphatic carbocycles. The molecule has 1 N–H and O–H groups in total. The lowest BCUT2D eigenvalue weighted by Gasteiger charge is -2.39. The van der Waals surface area contributed by atoms with E-state index in [-0.39, 0.29) is 12.6 Å². The van der Waals surface area contributed by atoms with Crippen molar-refractivity contribution in [1.82, 2.24) is 0 Å². The number of rotatable bonds is 1. The third-order valence-electron chi connectivity index (χ3n) is 4.05. The van der Waals surface area contributed by atoms with Gasteiger partial charge in [0.25, 0.3) is 0 Å². The van der Waals surface area contributed by atoms with Crippen LogP contribution in [0.2, 0.25) is 0 Å². The standard InChI is InChI=1S/C13H19NO3S/c1-8-5-6-11-13(9(8)2)14(4)10(3)12(7-15)18(11,16)17/h5-6,10,12,15H,7H2,1-4H3. The molecular formula is C13H19NO3S. The first-order chi connectivity index (χ1) is 8.32. The molecule has 1 aliphatic rings. The maximum Gasteiger partial charge on any atom is 0.187 e. The first-order valence-corrected chi connectivity index (χ1v) is 7.54. The van der Waals surface area contributed by atoms with Crippen LogP contribution in [0.1, 0.15) is 18.1 Å². The monoisotopic (exact) mass is 269 g/mol. The van der Waals surface area contributed by atoms with E-state index in [0.29, 0.717) is 4.90 Å². The molecule has 0 amide bonds. The lowest BCUT2D eigenvalue weighted by molar-refractivity contribution is 0.276. The number of benzene rings is 1. The van der Waals surface area contributed by atoms with Crippen LogP contribution in [0, 0.1) is 13.8 Å². The minimum absolute atomic E-state index is 0.229. The van der Waals surface area contributed by atoms with Crippen molar-refractivity contribution in [3.8, 4) is 0 Å². The minimum atomic E-state index is -3.45. The second kappa shape index (κ2) is 4.24. The molecule has 2 atom stereocenters. The highest BCUT2D eigenvalue weighted by atomic mass is 32.2. The molecular weight excluding hydrogens is 250 g/mol. The van der Waals surface area contributed by atoms with E-state index < -0.39 is 15.1 Å². The highest BCUT2D eigenvalue weighted by molar-refractivity contribution is 7.92. The molecule has 18 heavy (non-hydrogen) atoms. The number of hydrogen-bond acceptors (Lipinski definition) is 4. The number of hydrogen-bond donors (Lipinski definition) is 1. The van der Waals surface area contributed by atoms with Crippen LogP contribution in [0.25, 0.3) is 0 Å². The van der Waals surface area contributed by atoms with Crippen LogP contribution in [0.3, 0.4) is 0 Å². The lowest BCUT2D eigenvalue weighted by atomic mass is 10.1. The zero-order chi connectivity index (χ0) is 13.7. The zero-order valence-corrected chi connectivity index (χ0v) is 12.0. The van der Waals surface area contributed by atoms with Crippen LogP contribution < -0.4 is 4.90 Å². The topological polar surface area (TPSA) is 57.6 Å². The zero-order valence-electron chi connectivity index (χ0n) is 11.1. The number of aliphatic hydroxyl groups is 1. The second-order valence-corrected chi connectivity index (χ2v) is 7.11. The number of aryl methyl sites for hydroxylation is 1. The predicted molar refractivity (Wildman–Crippen MR) is 71.8 cm³/mol. The van der Waals surface area contributed by atoms with E-state index in [2.05, 4.69) is 0 Å². The number of anilines is 1. The lowest BCUT2D eigenvalue weighted by Crippen LogP contribution is -2.50. The molecule has 5 heteroatoms. The van der Waals surface area contributed by atoms with Gasteiger partial charge in [-0.25, -0.2) is 8.42 Å². The molecule has 0 fully saturated rings. The summed E-state index contributed by atoms with van der Waals surface area (Å²) in [6.07, 6.45) is 0.